The van der Waals surface area contributed by atoms with Crippen LogP contribution in [0.15, 0.2) is 42.5 Å². The number of Topliss-reactive ketones (excluding diaryl/α,β-unsaturated/α-hetero) is 1. The van der Waals surface area contributed by atoms with E-state index in [1.807, 2.05) is 30.3 Å². The van der Waals surface area contributed by atoms with Gasteiger partial charge in [-0.1, -0.05) is 30.3 Å². The number of hydrogen-bond donors (Lipinski definition) is 1. The maximum atomic E-state index is 11.5. The van der Waals surface area contributed by atoms with Crippen molar-refractivity contribution >= 4 is 11.5 Å². The molecule has 0 saturated carbocycles. The van der Waals surface area contributed by atoms with Crippen LogP contribution in [0.3, 0.4) is 0 Å². The lowest BCUT2D eigenvalue weighted by molar-refractivity contribution is 0.101. The lowest BCUT2D eigenvalue weighted by Gasteiger charge is -2.12. The number of methoxy groups -OCH3 is 1. The predicted octanol–water partition coefficient (Wildman–Crippen LogP) is 3.15. The van der Waals surface area contributed by atoms with Gasteiger partial charge in [-0.2, -0.15) is 0 Å². The molecule has 3 heteroatoms. The minimum atomic E-state index is -0.00881. The summed E-state index contributed by atoms with van der Waals surface area (Å²) in [5.41, 5.74) is 8.99. The Hall–Kier alpha value is -2.29. The number of carbonyl (C=O) groups is 1. The van der Waals surface area contributed by atoms with E-state index in [4.69, 9.17) is 10.5 Å². The van der Waals surface area contributed by atoms with Crippen molar-refractivity contribution < 1.29 is 9.53 Å². The van der Waals surface area contributed by atoms with Crippen molar-refractivity contribution in [2.24, 2.45) is 0 Å². The molecule has 2 rings (SSSR count). The van der Waals surface area contributed by atoms with Gasteiger partial charge in [0.25, 0.3) is 0 Å². The van der Waals surface area contributed by atoms with Crippen LogP contribution in [0.25, 0.3) is 11.1 Å². The Morgan fingerprint density at radius 2 is 1.83 bits per heavy atom. The lowest BCUT2D eigenvalue weighted by atomic mass is 9.99. The molecule has 0 amide bonds. The third-order valence-electron chi connectivity index (χ3n) is 2.85. The normalized spacial score (nSPS) is 10.1. The number of carbonyl (C=O) groups excluding carboxylic acids is 1. The molecule has 0 aliphatic carbocycles. The summed E-state index contributed by atoms with van der Waals surface area (Å²) < 4.78 is 5.22. The van der Waals surface area contributed by atoms with Gasteiger partial charge in [0, 0.05) is 11.1 Å². The quantitative estimate of drug-likeness (QED) is 0.663. The summed E-state index contributed by atoms with van der Waals surface area (Å²) in [4.78, 5) is 11.5. The average Bonchev–Trinajstić information content (AvgIpc) is 2.39. The molecule has 0 spiro atoms. The minimum absolute atomic E-state index is 0.00881. The topological polar surface area (TPSA) is 52.3 Å². The zero-order valence-electron chi connectivity index (χ0n) is 10.4. The molecule has 2 aromatic rings. The molecule has 0 radical (unpaired) electrons. The summed E-state index contributed by atoms with van der Waals surface area (Å²) in [5.74, 6) is 0.520. The molecule has 0 aliphatic heterocycles. The second-order valence-electron chi connectivity index (χ2n) is 4.06. The standard InChI is InChI=1S/C15H15NO2/c1-10(17)12-8-13(11-6-4-3-5-7-11)15(16)14(9-12)18-2/h3-9H,16H2,1-2H3. The first-order chi connectivity index (χ1) is 8.63. The minimum Gasteiger partial charge on any atom is -0.495 e. The molecule has 0 unspecified atom stereocenters. The van der Waals surface area contributed by atoms with E-state index in [1.54, 1.807) is 19.2 Å². The molecule has 2 aromatic carbocycles. The van der Waals surface area contributed by atoms with Crippen LogP contribution < -0.4 is 10.5 Å². The van der Waals surface area contributed by atoms with Gasteiger partial charge in [0.2, 0.25) is 0 Å². The highest BCUT2D eigenvalue weighted by molar-refractivity contribution is 5.98. The van der Waals surface area contributed by atoms with E-state index in [0.29, 0.717) is 17.0 Å². The maximum absolute atomic E-state index is 11.5. The van der Waals surface area contributed by atoms with Crippen molar-refractivity contribution in [1.82, 2.24) is 0 Å². The molecule has 0 heterocycles. The van der Waals surface area contributed by atoms with Crippen LogP contribution in [-0.4, -0.2) is 12.9 Å². The van der Waals surface area contributed by atoms with Crippen LogP contribution in [-0.2, 0) is 0 Å². The summed E-state index contributed by atoms with van der Waals surface area (Å²) in [6.07, 6.45) is 0. The van der Waals surface area contributed by atoms with Crippen molar-refractivity contribution in [3.8, 4) is 16.9 Å². The molecule has 0 fully saturated rings. The SMILES string of the molecule is COc1cc(C(C)=O)cc(-c2ccccc2)c1N. The van der Waals surface area contributed by atoms with Gasteiger partial charge >= 0.3 is 0 Å². The van der Waals surface area contributed by atoms with Gasteiger partial charge in [-0.15, -0.1) is 0 Å². The maximum Gasteiger partial charge on any atom is 0.159 e. The summed E-state index contributed by atoms with van der Waals surface area (Å²) >= 11 is 0. The molecule has 3 nitrogen and oxygen atoms in total. The van der Waals surface area contributed by atoms with Crippen molar-refractivity contribution in [2.45, 2.75) is 6.92 Å². The molecule has 0 aliphatic rings. The molecule has 0 bridgehead atoms. The Morgan fingerprint density at radius 3 is 2.39 bits per heavy atom. The van der Waals surface area contributed by atoms with Crippen LogP contribution in [0, 0.1) is 0 Å². The largest absolute Gasteiger partial charge is 0.495 e. The monoisotopic (exact) mass is 241 g/mol. The average molecular weight is 241 g/mol. The Labute approximate surface area is 106 Å². The second kappa shape index (κ2) is 4.92. The van der Waals surface area contributed by atoms with Crippen molar-refractivity contribution in [1.29, 1.82) is 0 Å². The van der Waals surface area contributed by atoms with Crippen molar-refractivity contribution in [3.63, 3.8) is 0 Å². The van der Waals surface area contributed by atoms with Crippen LogP contribution in [0.4, 0.5) is 5.69 Å². The van der Waals surface area contributed by atoms with E-state index in [0.717, 1.165) is 11.1 Å². The van der Waals surface area contributed by atoms with Gasteiger partial charge in [-0.3, -0.25) is 4.79 Å². The van der Waals surface area contributed by atoms with E-state index < -0.39 is 0 Å². The molecule has 18 heavy (non-hydrogen) atoms. The highest BCUT2D eigenvalue weighted by Gasteiger charge is 2.12. The van der Waals surface area contributed by atoms with E-state index in [1.165, 1.54) is 6.92 Å². The first-order valence-electron chi connectivity index (χ1n) is 5.67. The second-order valence-corrected chi connectivity index (χ2v) is 4.06. The smallest absolute Gasteiger partial charge is 0.159 e. The van der Waals surface area contributed by atoms with Gasteiger partial charge in [-0.25, -0.2) is 0 Å². The number of nitrogens with two attached hydrogens (primary N) is 1. The summed E-state index contributed by atoms with van der Waals surface area (Å²) in [5, 5.41) is 0. The Balaban J connectivity index is 2.66. The van der Waals surface area contributed by atoms with Gasteiger partial charge < -0.3 is 10.5 Å². The van der Waals surface area contributed by atoms with Gasteiger partial charge in [0.15, 0.2) is 5.78 Å². The fraction of sp³-hybridized carbons (Fsp3) is 0.133. The molecule has 0 atom stereocenters. The fourth-order valence-electron chi connectivity index (χ4n) is 1.86. The van der Waals surface area contributed by atoms with E-state index in [2.05, 4.69) is 0 Å². The van der Waals surface area contributed by atoms with Crippen molar-refractivity contribution in [2.75, 3.05) is 12.8 Å². The van der Waals surface area contributed by atoms with Gasteiger partial charge in [0.05, 0.1) is 12.8 Å². The third-order valence-corrected chi connectivity index (χ3v) is 2.85. The molecule has 0 aromatic heterocycles. The van der Waals surface area contributed by atoms with Crippen LogP contribution in [0.2, 0.25) is 0 Å². The number of hydrogen-bond acceptors (Lipinski definition) is 3. The third kappa shape index (κ3) is 2.20. The highest BCUT2D eigenvalue weighted by atomic mass is 16.5. The number of ether oxygens (including phenoxy) is 1. The number of anilines is 1. The number of nitrogen functional groups attached to an aromatic ring is 1. The van der Waals surface area contributed by atoms with E-state index in [-0.39, 0.29) is 5.78 Å². The first kappa shape index (κ1) is 12.2. The van der Waals surface area contributed by atoms with E-state index >= 15 is 0 Å². The fourth-order valence-corrected chi connectivity index (χ4v) is 1.86. The van der Waals surface area contributed by atoms with Crippen molar-refractivity contribution in [3.05, 3.63) is 48.0 Å². The molecule has 0 saturated heterocycles. The first-order valence-corrected chi connectivity index (χ1v) is 5.67. The predicted molar refractivity (Wildman–Crippen MR) is 72.8 cm³/mol. The molecule has 92 valence electrons. The molecular formula is C15H15NO2. The Morgan fingerprint density at radius 1 is 1.17 bits per heavy atom. The Kier molecular flexibility index (Phi) is 3.33. The summed E-state index contributed by atoms with van der Waals surface area (Å²) in [6, 6.07) is 13.2. The number of ketones is 1. The van der Waals surface area contributed by atoms with Crippen LogP contribution >= 0.6 is 0 Å². The molecular weight excluding hydrogens is 226 g/mol. The van der Waals surface area contributed by atoms with Crippen LogP contribution in [0.5, 0.6) is 5.75 Å². The zero-order chi connectivity index (χ0) is 13.1. The highest BCUT2D eigenvalue weighted by Crippen LogP contribution is 2.34. The summed E-state index contributed by atoms with van der Waals surface area (Å²) in [6.45, 7) is 1.53. The van der Waals surface area contributed by atoms with Crippen LogP contribution in [0.1, 0.15) is 17.3 Å². The van der Waals surface area contributed by atoms with Gasteiger partial charge in [0.1, 0.15) is 5.75 Å². The lowest BCUT2D eigenvalue weighted by Crippen LogP contribution is -2.00. The zero-order valence-corrected chi connectivity index (χ0v) is 10.4. The number of benzene rings is 2. The summed E-state index contributed by atoms with van der Waals surface area (Å²) in [7, 11) is 1.55. The molecule has 2 N–H and O–H groups in total. The Bertz CT molecular complexity index is 577. The number of rotatable bonds is 3. The van der Waals surface area contributed by atoms with Gasteiger partial charge in [-0.05, 0) is 24.6 Å². The van der Waals surface area contributed by atoms with E-state index in [9.17, 15) is 4.79 Å².